The van der Waals surface area contributed by atoms with Crippen molar-refractivity contribution in [1.29, 1.82) is 5.41 Å². The van der Waals surface area contributed by atoms with Crippen molar-refractivity contribution in [2.45, 2.75) is 59.0 Å². The van der Waals surface area contributed by atoms with Crippen LogP contribution < -0.4 is 10.6 Å². The van der Waals surface area contributed by atoms with Crippen LogP contribution in [-0.4, -0.2) is 52.1 Å². The average molecular weight is 512 g/mol. The molecule has 1 atom stereocenters. The fraction of sp³-hybridized carbons (Fsp3) is 0.407. The maximum atomic E-state index is 13.2. The Balaban J connectivity index is 1.71. The summed E-state index contributed by atoms with van der Waals surface area (Å²) in [6.45, 7) is 9.07. The molecule has 9 heteroatoms. The molecule has 2 aromatic carbocycles. The summed E-state index contributed by atoms with van der Waals surface area (Å²) in [5.74, 6) is -0.885. The lowest BCUT2D eigenvalue weighted by Crippen LogP contribution is -2.46. The van der Waals surface area contributed by atoms with Gasteiger partial charge in [0.05, 0.1) is 13.0 Å². The number of anilines is 1. The highest BCUT2D eigenvalue weighted by Crippen LogP contribution is 2.25. The molecule has 0 saturated carbocycles. The Bertz CT molecular complexity index is 1160. The molecule has 2 aromatic rings. The van der Waals surface area contributed by atoms with Gasteiger partial charge in [0, 0.05) is 29.4 Å². The quantitative estimate of drug-likeness (QED) is 0.434. The molecule has 0 spiro atoms. The van der Waals surface area contributed by atoms with Crippen molar-refractivity contribution in [3.05, 3.63) is 64.2 Å². The second-order valence-corrected chi connectivity index (χ2v) is 9.87. The minimum absolute atomic E-state index is 0.0642. The largest absolute Gasteiger partial charge is 0.341 e. The fourth-order valence-electron chi connectivity index (χ4n) is 4.41. The maximum Gasteiger partial charge on any atom is 0.255 e. The van der Waals surface area contributed by atoms with E-state index in [1.165, 1.54) is 4.90 Å². The molecule has 1 aliphatic heterocycles. The van der Waals surface area contributed by atoms with Crippen molar-refractivity contribution < 1.29 is 14.4 Å². The topological polar surface area (TPSA) is 106 Å². The number of hydrogen-bond acceptors (Lipinski definition) is 4. The smallest absolute Gasteiger partial charge is 0.255 e. The second-order valence-electron chi connectivity index (χ2n) is 9.43. The Morgan fingerprint density at radius 1 is 1.14 bits per heavy atom. The van der Waals surface area contributed by atoms with Crippen LogP contribution in [0.3, 0.4) is 0 Å². The first-order chi connectivity index (χ1) is 17.1. The number of carbonyl (C=O) groups is 3. The Hall–Kier alpha value is -3.39. The highest BCUT2D eigenvalue weighted by Gasteiger charge is 2.47. The van der Waals surface area contributed by atoms with Crippen LogP contribution in [0.5, 0.6) is 0 Å². The first kappa shape index (κ1) is 27.2. The molecule has 8 nitrogen and oxygen atoms in total. The molecule has 1 fully saturated rings. The van der Waals surface area contributed by atoms with Gasteiger partial charge in [-0.05, 0) is 68.1 Å². The molecule has 1 aliphatic rings. The first-order valence-electron chi connectivity index (χ1n) is 12.2. The number of nitrogens with one attached hydrogen (secondary N) is 3. The van der Waals surface area contributed by atoms with E-state index in [1.807, 2.05) is 37.8 Å². The van der Waals surface area contributed by atoms with E-state index in [9.17, 15) is 14.4 Å². The summed E-state index contributed by atoms with van der Waals surface area (Å²) < 4.78 is 0. The zero-order valence-corrected chi connectivity index (χ0v) is 22.0. The third kappa shape index (κ3) is 6.43. The molecule has 192 valence electrons. The van der Waals surface area contributed by atoms with Crippen LogP contribution in [-0.2, 0) is 16.1 Å². The van der Waals surface area contributed by atoms with Crippen molar-refractivity contribution in [2.75, 3.05) is 18.4 Å². The van der Waals surface area contributed by atoms with Crippen molar-refractivity contribution >= 4 is 41.0 Å². The van der Waals surface area contributed by atoms with Crippen LogP contribution >= 0.6 is 11.6 Å². The summed E-state index contributed by atoms with van der Waals surface area (Å²) in [5, 5.41) is 14.5. The number of benzene rings is 2. The summed E-state index contributed by atoms with van der Waals surface area (Å²) >= 11 is 6.05. The molecular weight excluding hydrogens is 478 g/mol. The number of halogens is 1. The van der Waals surface area contributed by atoms with Crippen molar-refractivity contribution in [1.82, 2.24) is 15.1 Å². The highest BCUT2D eigenvalue weighted by molar-refractivity contribution is 6.30. The first-order valence-corrected chi connectivity index (χ1v) is 12.6. The van der Waals surface area contributed by atoms with E-state index in [1.54, 1.807) is 37.3 Å². The van der Waals surface area contributed by atoms with Crippen molar-refractivity contribution in [2.24, 2.45) is 0 Å². The number of hydrogen-bond donors (Lipinski definition) is 3. The average Bonchev–Trinajstić information content (AvgIpc) is 3.00. The van der Waals surface area contributed by atoms with Gasteiger partial charge in [-0.2, -0.15) is 0 Å². The van der Waals surface area contributed by atoms with Crippen LogP contribution in [0.4, 0.5) is 5.69 Å². The number of nitrogens with zero attached hydrogens (tertiary/aromatic N) is 2. The molecule has 0 aliphatic carbocycles. The second kappa shape index (κ2) is 11.6. The zero-order valence-electron chi connectivity index (χ0n) is 21.3. The Labute approximate surface area is 217 Å². The third-order valence-corrected chi connectivity index (χ3v) is 6.24. The van der Waals surface area contributed by atoms with Gasteiger partial charge in [0.2, 0.25) is 5.91 Å². The maximum absolute atomic E-state index is 13.2. The number of rotatable bonds is 10. The van der Waals surface area contributed by atoms with Gasteiger partial charge in [-0.15, -0.1) is 0 Å². The van der Waals surface area contributed by atoms with Crippen molar-refractivity contribution in [3.63, 3.8) is 0 Å². The minimum Gasteiger partial charge on any atom is -0.341 e. The van der Waals surface area contributed by atoms with E-state index in [0.717, 1.165) is 24.0 Å². The summed E-state index contributed by atoms with van der Waals surface area (Å²) in [4.78, 5) is 42.3. The Kier molecular flexibility index (Phi) is 8.74. The SMILES string of the molecule is CCCN(CCC)C(=O)c1cc(C)cc(NC(=O)CC2(C)NC(=N)N(Cc3cccc(Cl)c3)C2=O)c1. The number of aryl methyl sites for hydroxylation is 1. The van der Waals surface area contributed by atoms with Crippen LogP contribution in [0.2, 0.25) is 5.02 Å². The lowest BCUT2D eigenvalue weighted by atomic mass is 9.97. The predicted molar refractivity (Wildman–Crippen MR) is 142 cm³/mol. The molecule has 3 amide bonds. The van der Waals surface area contributed by atoms with Gasteiger partial charge >= 0.3 is 0 Å². The molecule has 1 heterocycles. The van der Waals surface area contributed by atoms with Gasteiger partial charge in [0.25, 0.3) is 11.8 Å². The standard InChI is InChI=1S/C27H34ClN5O3/c1-5-10-32(11-6-2)24(35)20-12-18(3)13-22(15-20)30-23(34)16-27(4)25(36)33(26(29)31-27)17-19-8-7-9-21(28)14-19/h7-9,12-15H,5-6,10-11,16-17H2,1-4H3,(H2,29,31)(H,30,34). The molecule has 1 unspecified atom stereocenters. The van der Waals surface area contributed by atoms with E-state index in [2.05, 4.69) is 10.6 Å². The Morgan fingerprint density at radius 2 is 1.83 bits per heavy atom. The Morgan fingerprint density at radius 3 is 2.47 bits per heavy atom. The van der Waals surface area contributed by atoms with E-state index in [4.69, 9.17) is 17.0 Å². The summed E-state index contributed by atoms with van der Waals surface area (Å²) in [7, 11) is 0. The van der Waals surface area contributed by atoms with Gasteiger partial charge in [0.1, 0.15) is 5.54 Å². The van der Waals surface area contributed by atoms with Gasteiger partial charge in [-0.3, -0.25) is 24.7 Å². The van der Waals surface area contributed by atoms with E-state index >= 15 is 0 Å². The number of carbonyl (C=O) groups excluding carboxylic acids is 3. The predicted octanol–water partition coefficient (Wildman–Crippen LogP) is 4.56. The normalized spacial score (nSPS) is 17.2. The lowest BCUT2D eigenvalue weighted by molar-refractivity contribution is -0.133. The van der Waals surface area contributed by atoms with Crippen LogP contribution in [0.1, 0.15) is 61.5 Å². The van der Waals surface area contributed by atoms with Crippen LogP contribution in [0, 0.1) is 12.3 Å². The molecule has 0 aromatic heterocycles. The van der Waals surface area contributed by atoms with E-state index < -0.39 is 11.4 Å². The zero-order chi connectivity index (χ0) is 26.5. The van der Waals surface area contributed by atoms with Gasteiger partial charge in [-0.25, -0.2) is 0 Å². The number of guanidine groups is 1. The minimum atomic E-state index is -1.26. The molecule has 3 N–H and O–H groups in total. The van der Waals surface area contributed by atoms with Crippen LogP contribution in [0.15, 0.2) is 42.5 Å². The monoisotopic (exact) mass is 511 g/mol. The van der Waals surface area contributed by atoms with Gasteiger partial charge in [-0.1, -0.05) is 37.6 Å². The van der Waals surface area contributed by atoms with E-state index in [0.29, 0.717) is 29.4 Å². The molecular formula is C27H34ClN5O3. The third-order valence-electron chi connectivity index (χ3n) is 6.01. The highest BCUT2D eigenvalue weighted by atomic mass is 35.5. The summed E-state index contributed by atoms with van der Waals surface area (Å²) in [6, 6.07) is 12.4. The number of amides is 3. The molecule has 1 saturated heterocycles. The molecule has 3 rings (SSSR count). The fourth-order valence-corrected chi connectivity index (χ4v) is 4.63. The van der Waals surface area contributed by atoms with Gasteiger partial charge in [0.15, 0.2) is 5.96 Å². The van der Waals surface area contributed by atoms with Crippen LogP contribution in [0.25, 0.3) is 0 Å². The summed E-state index contributed by atoms with van der Waals surface area (Å²) in [6.07, 6.45) is 1.56. The molecule has 0 bridgehead atoms. The van der Waals surface area contributed by atoms with Crippen molar-refractivity contribution in [3.8, 4) is 0 Å². The molecule has 36 heavy (non-hydrogen) atoms. The lowest BCUT2D eigenvalue weighted by Gasteiger charge is -2.23. The van der Waals surface area contributed by atoms with E-state index in [-0.39, 0.29) is 30.7 Å². The summed E-state index contributed by atoms with van der Waals surface area (Å²) in [5.41, 5.74) is 1.38. The molecule has 0 radical (unpaired) electrons. The van der Waals surface area contributed by atoms with Gasteiger partial charge < -0.3 is 15.5 Å².